The van der Waals surface area contributed by atoms with Crippen LogP contribution in [0.2, 0.25) is 0 Å². The second-order valence-electron chi connectivity index (χ2n) is 4.36. The van der Waals surface area contributed by atoms with E-state index in [0.29, 0.717) is 18.4 Å². The van der Waals surface area contributed by atoms with Gasteiger partial charge in [-0.15, -0.1) is 0 Å². The minimum Gasteiger partial charge on any atom is -0.468 e. The van der Waals surface area contributed by atoms with Crippen molar-refractivity contribution in [3.05, 3.63) is 23.9 Å². The van der Waals surface area contributed by atoms with Gasteiger partial charge in [-0.05, 0) is 26.1 Å². The van der Waals surface area contributed by atoms with Gasteiger partial charge in [0.25, 0.3) is 0 Å². The highest BCUT2D eigenvalue weighted by atomic mass is 19.4. The fourth-order valence-electron chi connectivity index (χ4n) is 1.55. The normalized spacial score (nSPS) is 11.2. The van der Waals surface area contributed by atoms with E-state index in [1.165, 1.54) is 6.20 Å². The van der Waals surface area contributed by atoms with Crippen LogP contribution in [0.15, 0.2) is 18.3 Å². The molecule has 1 aromatic heterocycles. The highest BCUT2D eigenvalue weighted by Crippen LogP contribution is 2.19. The molecule has 0 atom stereocenters. The largest absolute Gasteiger partial charge is 0.468 e. The van der Waals surface area contributed by atoms with E-state index in [1.54, 1.807) is 19.2 Å². The summed E-state index contributed by atoms with van der Waals surface area (Å²) in [6.45, 7) is -0.604. The number of nitrogens with one attached hydrogen (secondary N) is 2. The minimum atomic E-state index is -4.43. The molecule has 0 spiro atoms. The minimum absolute atomic E-state index is 0.0828. The van der Waals surface area contributed by atoms with E-state index in [0.717, 1.165) is 6.54 Å². The molecular weight excluding hydrogens is 287 g/mol. The van der Waals surface area contributed by atoms with Crippen molar-refractivity contribution in [3.63, 3.8) is 0 Å². The quantitative estimate of drug-likeness (QED) is 0.717. The summed E-state index contributed by atoms with van der Waals surface area (Å²) in [5.74, 6) is -0.291. The van der Waals surface area contributed by atoms with Gasteiger partial charge in [-0.1, -0.05) is 6.07 Å². The first-order valence-corrected chi connectivity index (χ1v) is 6.47. The van der Waals surface area contributed by atoms with E-state index in [2.05, 4.69) is 20.4 Å². The first kappa shape index (κ1) is 17.2. The molecule has 2 N–H and O–H groups in total. The standard InChI is InChI=1S/C13H18F3N3O2/c1-17-6-3-5-11(20)19-8-10-4-2-7-18-12(10)21-9-13(14,15)16/h2,4,7,17H,3,5-6,8-9H2,1H3,(H,19,20). The molecule has 0 aliphatic heterocycles. The molecule has 0 aliphatic carbocycles. The second kappa shape index (κ2) is 8.46. The second-order valence-corrected chi connectivity index (χ2v) is 4.36. The Morgan fingerprint density at radius 2 is 2.19 bits per heavy atom. The summed E-state index contributed by atoms with van der Waals surface area (Å²) < 4.78 is 41.0. The van der Waals surface area contributed by atoms with E-state index >= 15 is 0 Å². The number of hydrogen-bond donors (Lipinski definition) is 2. The third-order valence-electron chi connectivity index (χ3n) is 2.53. The van der Waals surface area contributed by atoms with Gasteiger partial charge in [0.05, 0.1) is 0 Å². The number of amides is 1. The molecule has 8 heteroatoms. The smallest absolute Gasteiger partial charge is 0.422 e. The zero-order valence-electron chi connectivity index (χ0n) is 11.7. The third kappa shape index (κ3) is 7.50. The van der Waals surface area contributed by atoms with Crippen LogP contribution < -0.4 is 15.4 Å². The molecule has 1 rings (SSSR count). The first-order chi connectivity index (χ1) is 9.92. The Labute approximate surface area is 120 Å². The van der Waals surface area contributed by atoms with Gasteiger partial charge in [0.2, 0.25) is 11.8 Å². The first-order valence-electron chi connectivity index (χ1n) is 6.47. The molecule has 1 aromatic rings. The number of carbonyl (C=O) groups is 1. The van der Waals surface area contributed by atoms with Crippen LogP contribution in [-0.4, -0.2) is 37.3 Å². The summed E-state index contributed by atoms with van der Waals surface area (Å²) in [5, 5.41) is 5.55. The molecule has 0 radical (unpaired) electrons. The molecule has 1 amide bonds. The van der Waals surface area contributed by atoms with Crippen LogP contribution in [0, 0.1) is 0 Å². The van der Waals surface area contributed by atoms with Gasteiger partial charge < -0.3 is 15.4 Å². The number of hydrogen-bond acceptors (Lipinski definition) is 4. The Kier molecular flexibility index (Phi) is 6.93. The van der Waals surface area contributed by atoms with Crippen LogP contribution in [0.3, 0.4) is 0 Å². The third-order valence-corrected chi connectivity index (χ3v) is 2.53. The van der Waals surface area contributed by atoms with Gasteiger partial charge in [-0.3, -0.25) is 4.79 Å². The Hall–Kier alpha value is -1.83. The van der Waals surface area contributed by atoms with Gasteiger partial charge in [0.15, 0.2) is 6.61 Å². The molecule has 0 unspecified atom stereocenters. The van der Waals surface area contributed by atoms with Crippen molar-refractivity contribution >= 4 is 5.91 Å². The molecule has 0 fully saturated rings. The highest BCUT2D eigenvalue weighted by molar-refractivity contribution is 5.75. The fourth-order valence-corrected chi connectivity index (χ4v) is 1.55. The number of nitrogens with zero attached hydrogens (tertiary/aromatic N) is 1. The van der Waals surface area contributed by atoms with E-state index in [9.17, 15) is 18.0 Å². The maximum absolute atomic E-state index is 12.1. The lowest BCUT2D eigenvalue weighted by Crippen LogP contribution is -2.25. The van der Waals surface area contributed by atoms with Crippen molar-refractivity contribution < 1.29 is 22.7 Å². The van der Waals surface area contributed by atoms with Gasteiger partial charge in [-0.2, -0.15) is 13.2 Å². The van der Waals surface area contributed by atoms with Crippen LogP contribution in [-0.2, 0) is 11.3 Å². The lowest BCUT2D eigenvalue weighted by atomic mass is 10.2. The molecule has 5 nitrogen and oxygen atoms in total. The van der Waals surface area contributed by atoms with Gasteiger partial charge >= 0.3 is 6.18 Å². The number of alkyl halides is 3. The van der Waals surface area contributed by atoms with E-state index < -0.39 is 12.8 Å². The average molecular weight is 305 g/mol. The van der Waals surface area contributed by atoms with E-state index in [1.807, 2.05) is 0 Å². The van der Waals surface area contributed by atoms with Crippen LogP contribution in [0.25, 0.3) is 0 Å². The average Bonchev–Trinajstić information content (AvgIpc) is 2.43. The van der Waals surface area contributed by atoms with Crippen molar-refractivity contribution in [2.24, 2.45) is 0 Å². The van der Waals surface area contributed by atoms with Crippen molar-refractivity contribution in [1.29, 1.82) is 0 Å². The van der Waals surface area contributed by atoms with E-state index in [-0.39, 0.29) is 18.3 Å². The Morgan fingerprint density at radius 1 is 1.43 bits per heavy atom. The Bertz CT molecular complexity index is 453. The summed E-state index contributed by atoms with van der Waals surface area (Å²) in [7, 11) is 1.79. The molecule has 21 heavy (non-hydrogen) atoms. The maximum Gasteiger partial charge on any atom is 0.422 e. The molecular formula is C13H18F3N3O2. The fraction of sp³-hybridized carbons (Fsp3) is 0.538. The lowest BCUT2D eigenvalue weighted by molar-refractivity contribution is -0.154. The summed E-state index contributed by atoms with van der Waals surface area (Å²) in [4.78, 5) is 15.3. The predicted molar refractivity (Wildman–Crippen MR) is 70.8 cm³/mol. The van der Waals surface area contributed by atoms with E-state index in [4.69, 9.17) is 0 Å². The summed E-state index contributed by atoms with van der Waals surface area (Å²) in [6, 6.07) is 3.13. The SMILES string of the molecule is CNCCCC(=O)NCc1cccnc1OCC(F)(F)F. The predicted octanol–water partition coefficient (Wildman–Crippen LogP) is 1.64. The maximum atomic E-state index is 12.1. The Balaban J connectivity index is 2.49. The summed E-state index contributed by atoms with van der Waals surface area (Å²) >= 11 is 0. The zero-order valence-corrected chi connectivity index (χ0v) is 11.7. The van der Waals surface area contributed by atoms with Crippen molar-refractivity contribution in [2.75, 3.05) is 20.2 Å². The molecule has 0 saturated carbocycles. The van der Waals surface area contributed by atoms with Crippen molar-refractivity contribution in [3.8, 4) is 5.88 Å². The van der Waals surface area contributed by atoms with Gasteiger partial charge in [0.1, 0.15) is 0 Å². The number of pyridine rings is 1. The van der Waals surface area contributed by atoms with Crippen molar-refractivity contribution in [2.45, 2.75) is 25.6 Å². The summed E-state index contributed by atoms with van der Waals surface area (Å²) in [6.07, 6.45) is -2.05. The number of rotatable bonds is 8. The van der Waals surface area contributed by atoms with Crippen LogP contribution >= 0.6 is 0 Å². The zero-order chi connectivity index (χ0) is 15.7. The summed E-state index contributed by atoms with van der Waals surface area (Å²) in [5.41, 5.74) is 0.406. The topological polar surface area (TPSA) is 63.2 Å². The monoisotopic (exact) mass is 305 g/mol. The molecule has 1 heterocycles. The van der Waals surface area contributed by atoms with Gasteiger partial charge in [0, 0.05) is 24.7 Å². The van der Waals surface area contributed by atoms with Gasteiger partial charge in [-0.25, -0.2) is 4.98 Å². The van der Waals surface area contributed by atoms with Crippen LogP contribution in [0.5, 0.6) is 5.88 Å². The molecule has 0 saturated heterocycles. The number of aromatic nitrogens is 1. The van der Waals surface area contributed by atoms with Crippen LogP contribution in [0.4, 0.5) is 13.2 Å². The number of carbonyl (C=O) groups excluding carboxylic acids is 1. The Morgan fingerprint density at radius 3 is 2.86 bits per heavy atom. The molecule has 0 aromatic carbocycles. The molecule has 118 valence electrons. The lowest BCUT2D eigenvalue weighted by Gasteiger charge is -2.12. The molecule has 0 aliphatic rings. The number of ether oxygens (including phenoxy) is 1. The van der Waals surface area contributed by atoms with Crippen LogP contribution in [0.1, 0.15) is 18.4 Å². The van der Waals surface area contributed by atoms with Crippen molar-refractivity contribution in [1.82, 2.24) is 15.6 Å². The highest BCUT2D eigenvalue weighted by Gasteiger charge is 2.29. The molecule has 0 bridgehead atoms. The number of halogens is 3.